The summed E-state index contributed by atoms with van der Waals surface area (Å²) in [6.07, 6.45) is 2.34. The molecule has 62 heavy (non-hydrogen) atoms. The number of aromatic amines is 2. The molecule has 2 heterocycles. The molecule has 0 aliphatic heterocycles. The maximum absolute atomic E-state index is 12.7. The number of hydrogen-bond donors (Lipinski definition) is 5. The minimum absolute atomic E-state index is 0. The minimum Gasteiger partial charge on any atom is -0.871 e. The van der Waals surface area contributed by atoms with E-state index >= 15 is 0 Å². The number of benzene rings is 4. The van der Waals surface area contributed by atoms with Crippen molar-refractivity contribution in [2.75, 3.05) is 5.32 Å². The molecule has 24 heteroatoms. The quantitative estimate of drug-likeness (QED) is 0.0298. The number of rotatable bonds is 12. The van der Waals surface area contributed by atoms with Gasteiger partial charge in [-0.3, -0.25) is 44.8 Å². The van der Waals surface area contributed by atoms with E-state index in [1.54, 1.807) is 62.4 Å². The van der Waals surface area contributed by atoms with Crippen molar-refractivity contribution in [3.63, 3.8) is 0 Å². The molecule has 0 aliphatic rings. The average molecular weight is 892 g/mol. The van der Waals surface area contributed by atoms with Gasteiger partial charge >= 0.3 is 35.5 Å². The number of nitro groups is 2. The Labute approximate surface area is 381 Å². The molecule has 0 radical (unpaired) electrons. The van der Waals surface area contributed by atoms with Gasteiger partial charge in [0.1, 0.15) is 17.1 Å². The van der Waals surface area contributed by atoms with Crippen LogP contribution < -0.4 is 56.4 Å². The molecule has 0 saturated carbocycles. The van der Waals surface area contributed by atoms with Crippen LogP contribution >= 0.6 is 0 Å². The van der Waals surface area contributed by atoms with Gasteiger partial charge in [-0.25, -0.2) is 19.5 Å². The van der Waals surface area contributed by atoms with Crippen molar-refractivity contribution in [2.45, 2.75) is 13.8 Å². The van der Waals surface area contributed by atoms with Crippen molar-refractivity contribution in [3.8, 4) is 22.9 Å². The summed E-state index contributed by atoms with van der Waals surface area (Å²) in [5.41, 5.74) is 0.881. The van der Waals surface area contributed by atoms with E-state index in [0.29, 0.717) is 34.1 Å². The van der Waals surface area contributed by atoms with E-state index in [2.05, 4.69) is 49.1 Å². The van der Waals surface area contributed by atoms with E-state index in [1.807, 2.05) is 0 Å². The van der Waals surface area contributed by atoms with E-state index in [4.69, 9.17) is 0 Å². The Morgan fingerprint density at radius 2 is 1.21 bits per heavy atom. The first-order valence-corrected chi connectivity index (χ1v) is 17.1. The molecule has 22 nitrogen and oxygen atoms in total. The van der Waals surface area contributed by atoms with Gasteiger partial charge in [-0.15, -0.1) is 15.3 Å². The number of amides is 2. The molecule has 0 fully saturated rings. The second kappa shape index (κ2) is 21.7. The zero-order valence-electron chi connectivity index (χ0n) is 32.8. The molecule has 2 aromatic heterocycles. The summed E-state index contributed by atoms with van der Waals surface area (Å²) in [4.78, 5) is 68.6. The van der Waals surface area contributed by atoms with Crippen LogP contribution in [0.15, 0.2) is 140 Å². The van der Waals surface area contributed by atoms with Crippen LogP contribution in [0.1, 0.15) is 11.4 Å². The summed E-state index contributed by atoms with van der Waals surface area (Å²) in [6.45, 7) is 9.98. The fourth-order valence-corrected chi connectivity index (χ4v) is 5.12. The van der Waals surface area contributed by atoms with Crippen LogP contribution in [0, 0.1) is 34.1 Å². The number of quaternary nitrogens is 1. The Morgan fingerprint density at radius 3 is 1.69 bits per heavy atom. The number of nitrogens with two attached hydrogens (primary N) is 1. The number of anilines is 1. The van der Waals surface area contributed by atoms with Crippen LogP contribution in [0.5, 0.6) is 11.5 Å². The SMILES string of the molecule is C=CC(=O)Nc1ccc(-n2[nH]c(C)c(N=Nc3cc([N+](=O)[O-])ccc3[O-])c2=O)cc1.C=CC(=O)[NH2+]c1ccc(-n2[nH]c(C)c(N=Nc3cc([N+](=O)[O-])ccc3O)c2=O)cc1.[Cr].[Na+]. The number of nitro benzene ring substituents is 2. The number of nitrogens with zero attached hydrogens (tertiary/aromatic N) is 8. The number of hydrogen-bond acceptors (Lipinski definition) is 14. The monoisotopic (exact) mass is 891 g/mol. The maximum atomic E-state index is 12.7. The van der Waals surface area contributed by atoms with Gasteiger partial charge in [-0.05, 0) is 62.4 Å². The maximum Gasteiger partial charge on any atom is 1.00 e. The Bertz CT molecular complexity index is 2650. The first-order chi connectivity index (χ1) is 28.6. The van der Waals surface area contributed by atoms with Gasteiger partial charge in [-0.1, -0.05) is 25.0 Å². The molecule has 6 rings (SSSR count). The molecule has 2 amide bonds. The van der Waals surface area contributed by atoms with Gasteiger partial charge in [0.2, 0.25) is 5.91 Å². The van der Waals surface area contributed by atoms with Crippen LogP contribution in [-0.2, 0) is 27.0 Å². The number of aryl methyl sites for hydroxylation is 2. The third kappa shape index (κ3) is 11.9. The van der Waals surface area contributed by atoms with Crippen molar-refractivity contribution in [3.05, 3.63) is 163 Å². The standard InChI is InChI=1S/2C19H16N6O5.Cr.Na/c2*1-3-17(27)20-12-4-6-13(7-5-12)24-19(28)18(11(2)23-24)22-21-15-10-14(25(29)30)8-9-16(15)26;;/h2*3-10,23,26H,1H2,2H3,(H,20,27);;/q;;;+1. The number of phenols is 1. The number of nitrogens with one attached hydrogen (secondary N) is 3. The van der Waals surface area contributed by atoms with Gasteiger partial charge in [-0.2, -0.15) is 5.11 Å². The van der Waals surface area contributed by atoms with Crippen LogP contribution in [0.4, 0.5) is 45.5 Å². The largest absolute Gasteiger partial charge is 1.00 e. The molecule has 0 atom stereocenters. The summed E-state index contributed by atoms with van der Waals surface area (Å²) in [5, 5.41) is 68.3. The molecule has 0 unspecified atom stereocenters. The summed E-state index contributed by atoms with van der Waals surface area (Å²) >= 11 is 0. The summed E-state index contributed by atoms with van der Waals surface area (Å²) < 4.78 is 2.46. The number of azo groups is 2. The molecule has 0 aliphatic carbocycles. The van der Waals surface area contributed by atoms with Gasteiger partial charge in [0.05, 0.1) is 38.3 Å². The van der Waals surface area contributed by atoms with Crippen LogP contribution in [-0.4, -0.2) is 46.3 Å². The molecular weight excluding hydrogens is 859 g/mol. The fourth-order valence-electron chi connectivity index (χ4n) is 5.12. The number of aromatic hydroxyl groups is 1. The molecule has 4 aromatic carbocycles. The number of aromatic nitrogens is 4. The fraction of sp³-hybridized carbons (Fsp3) is 0.0526. The Kier molecular flexibility index (Phi) is 17.2. The Hall–Kier alpha value is -7.39. The number of H-pyrrole nitrogens is 2. The van der Waals surface area contributed by atoms with Gasteiger partial charge < -0.3 is 15.5 Å². The van der Waals surface area contributed by atoms with E-state index in [-0.39, 0.29) is 98.6 Å². The van der Waals surface area contributed by atoms with Crippen molar-refractivity contribution in [1.29, 1.82) is 0 Å². The topological polar surface area (TPSA) is 317 Å². The summed E-state index contributed by atoms with van der Waals surface area (Å²) in [7, 11) is 0. The zero-order chi connectivity index (χ0) is 43.7. The van der Waals surface area contributed by atoms with E-state index < -0.39 is 26.7 Å². The zero-order valence-corrected chi connectivity index (χ0v) is 36.1. The molecular formula is C38H32CrN12NaO10+. The van der Waals surface area contributed by atoms with Crippen LogP contribution in [0.3, 0.4) is 0 Å². The van der Waals surface area contributed by atoms with Crippen LogP contribution in [0.25, 0.3) is 11.4 Å². The molecule has 310 valence electrons. The smallest absolute Gasteiger partial charge is 0.871 e. The number of non-ortho nitro benzene ring substituents is 2. The van der Waals surface area contributed by atoms with Crippen molar-refractivity contribution in [1.82, 2.24) is 19.6 Å². The minimum atomic E-state index is -0.659. The first-order valence-electron chi connectivity index (χ1n) is 17.1. The first kappa shape index (κ1) is 49.0. The molecule has 6 aromatic rings. The van der Waals surface area contributed by atoms with Crippen molar-refractivity contribution >= 4 is 57.3 Å². The number of carbonyl (C=O) groups is 2. The second-order valence-electron chi connectivity index (χ2n) is 12.3. The van der Waals surface area contributed by atoms with E-state index in [9.17, 15) is 49.6 Å². The van der Waals surface area contributed by atoms with E-state index in [1.165, 1.54) is 20.8 Å². The van der Waals surface area contributed by atoms with Gasteiger partial charge in [0, 0.05) is 65.5 Å². The normalized spacial score (nSPS) is 10.5. The van der Waals surface area contributed by atoms with E-state index in [0.717, 1.165) is 42.5 Å². The predicted octanol–water partition coefficient (Wildman–Crippen LogP) is 2.41. The number of primary amides is 1. The summed E-state index contributed by atoms with van der Waals surface area (Å²) in [5.74, 6) is -1.46. The van der Waals surface area contributed by atoms with Crippen molar-refractivity contribution < 1.29 is 81.9 Å². The third-order valence-electron chi connectivity index (χ3n) is 8.16. The number of phenolic OH excluding ortho intramolecular Hbond substituents is 1. The third-order valence-corrected chi connectivity index (χ3v) is 8.16. The Morgan fingerprint density at radius 1 is 0.742 bits per heavy atom. The number of carbonyl (C=O) groups excluding carboxylic acids is 2. The predicted molar refractivity (Wildman–Crippen MR) is 214 cm³/mol. The molecule has 0 spiro atoms. The molecule has 6 N–H and O–H groups in total. The summed E-state index contributed by atoms with van der Waals surface area (Å²) in [6, 6.07) is 19.4. The van der Waals surface area contributed by atoms with Crippen molar-refractivity contribution in [2.24, 2.45) is 20.5 Å². The van der Waals surface area contributed by atoms with Crippen LogP contribution in [0.2, 0.25) is 0 Å². The van der Waals surface area contributed by atoms with Gasteiger partial charge in [0.25, 0.3) is 22.5 Å². The molecule has 0 saturated heterocycles. The van der Waals surface area contributed by atoms with Gasteiger partial charge in [0.15, 0.2) is 11.4 Å². The second-order valence-corrected chi connectivity index (χ2v) is 12.3. The average Bonchev–Trinajstić information content (AvgIpc) is 3.68. The molecule has 0 bridgehead atoms. The Balaban J connectivity index is 0.000000320.